The number of hydrogen-bond donors (Lipinski definition) is 1. The van der Waals surface area contributed by atoms with Gasteiger partial charge in [0.2, 0.25) is 0 Å². The third-order valence-corrected chi connectivity index (χ3v) is 4.90. The molecule has 1 N–H and O–H groups in total. The topological polar surface area (TPSA) is 73.2 Å². The Morgan fingerprint density at radius 3 is 2.32 bits per heavy atom. The molecule has 4 aromatic rings. The molecular weight excluding hydrogens is 390 g/mol. The summed E-state index contributed by atoms with van der Waals surface area (Å²) in [4.78, 5) is 24.5. The number of methoxy groups -OCH3 is 1. The first-order valence-electron chi connectivity index (χ1n) is 9.79. The smallest absolute Gasteiger partial charge is 0.338 e. The van der Waals surface area contributed by atoms with E-state index in [-0.39, 0.29) is 5.91 Å². The van der Waals surface area contributed by atoms with Gasteiger partial charge in [-0.15, -0.1) is 0 Å². The van der Waals surface area contributed by atoms with E-state index in [0.717, 1.165) is 16.7 Å². The van der Waals surface area contributed by atoms with Crippen molar-refractivity contribution >= 4 is 17.6 Å². The van der Waals surface area contributed by atoms with Crippen molar-refractivity contribution in [2.75, 3.05) is 12.4 Å². The van der Waals surface area contributed by atoms with Gasteiger partial charge in [-0.1, -0.05) is 60.7 Å². The van der Waals surface area contributed by atoms with Crippen LogP contribution in [0, 0.1) is 0 Å². The summed E-state index contributed by atoms with van der Waals surface area (Å²) < 4.78 is 6.50. The third kappa shape index (κ3) is 4.70. The lowest BCUT2D eigenvalue weighted by Crippen LogP contribution is -2.11. The largest absolute Gasteiger partial charge is 0.465 e. The van der Waals surface area contributed by atoms with Gasteiger partial charge in [-0.3, -0.25) is 9.48 Å². The lowest BCUT2D eigenvalue weighted by Gasteiger charge is -2.08. The molecule has 0 unspecified atom stereocenters. The average molecular weight is 411 g/mol. The van der Waals surface area contributed by atoms with E-state index in [1.54, 1.807) is 41.3 Å². The van der Waals surface area contributed by atoms with E-state index in [1.165, 1.54) is 7.11 Å². The summed E-state index contributed by atoms with van der Waals surface area (Å²) >= 11 is 0. The lowest BCUT2D eigenvalue weighted by molar-refractivity contribution is 0.0599. The van der Waals surface area contributed by atoms with Gasteiger partial charge in [0.05, 0.1) is 31.1 Å². The molecule has 0 aliphatic carbocycles. The highest BCUT2D eigenvalue weighted by molar-refractivity contribution is 6.04. The van der Waals surface area contributed by atoms with E-state index >= 15 is 0 Å². The van der Waals surface area contributed by atoms with Gasteiger partial charge < -0.3 is 10.1 Å². The molecule has 4 rings (SSSR count). The Hall–Kier alpha value is -4.19. The van der Waals surface area contributed by atoms with Crippen LogP contribution in [0.5, 0.6) is 0 Å². The zero-order valence-electron chi connectivity index (χ0n) is 17.0. The number of carbonyl (C=O) groups is 2. The number of nitrogens with one attached hydrogen (secondary N) is 1. The predicted octanol–water partition coefficient (Wildman–Crippen LogP) is 4.64. The van der Waals surface area contributed by atoms with Crippen molar-refractivity contribution in [3.8, 4) is 11.1 Å². The number of anilines is 1. The summed E-state index contributed by atoms with van der Waals surface area (Å²) in [5.74, 6) is -0.607. The van der Waals surface area contributed by atoms with Gasteiger partial charge in [-0.25, -0.2) is 4.79 Å². The first-order chi connectivity index (χ1) is 15.1. The molecule has 0 atom stereocenters. The van der Waals surface area contributed by atoms with Crippen LogP contribution in [0.4, 0.5) is 5.69 Å². The highest BCUT2D eigenvalue weighted by atomic mass is 16.5. The van der Waals surface area contributed by atoms with E-state index in [2.05, 4.69) is 10.4 Å². The number of ether oxygens (including phenoxy) is 1. The highest BCUT2D eigenvalue weighted by Gasteiger charge is 2.13. The molecule has 0 radical (unpaired) electrons. The minimum Gasteiger partial charge on any atom is -0.465 e. The summed E-state index contributed by atoms with van der Waals surface area (Å²) in [5, 5.41) is 7.15. The number of carbonyl (C=O) groups excluding carboxylic acids is 2. The maximum atomic E-state index is 12.6. The van der Waals surface area contributed by atoms with E-state index in [1.807, 2.05) is 54.6 Å². The Morgan fingerprint density at radius 1 is 0.903 bits per heavy atom. The second kappa shape index (κ2) is 9.09. The predicted molar refractivity (Wildman–Crippen MR) is 119 cm³/mol. The van der Waals surface area contributed by atoms with Crippen molar-refractivity contribution in [1.82, 2.24) is 9.78 Å². The van der Waals surface area contributed by atoms with Crippen molar-refractivity contribution in [3.05, 3.63) is 108 Å². The van der Waals surface area contributed by atoms with E-state index < -0.39 is 5.97 Å². The first-order valence-corrected chi connectivity index (χ1v) is 9.79. The quantitative estimate of drug-likeness (QED) is 0.469. The fourth-order valence-electron chi connectivity index (χ4n) is 3.30. The van der Waals surface area contributed by atoms with Crippen LogP contribution in [0.3, 0.4) is 0 Å². The minimum atomic E-state index is -0.393. The molecule has 0 aliphatic rings. The molecule has 1 aromatic heterocycles. The number of benzene rings is 3. The molecule has 31 heavy (non-hydrogen) atoms. The summed E-state index contributed by atoms with van der Waals surface area (Å²) in [6.45, 7) is 0.382. The maximum Gasteiger partial charge on any atom is 0.338 e. The molecule has 0 aliphatic heterocycles. The Morgan fingerprint density at radius 2 is 1.58 bits per heavy atom. The van der Waals surface area contributed by atoms with Gasteiger partial charge >= 0.3 is 5.97 Å². The van der Waals surface area contributed by atoms with Crippen molar-refractivity contribution in [2.45, 2.75) is 6.54 Å². The second-order valence-corrected chi connectivity index (χ2v) is 6.97. The van der Waals surface area contributed by atoms with Crippen LogP contribution in [-0.4, -0.2) is 28.8 Å². The Bertz CT molecular complexity index is 1200. The van der Waals surface area contributed by atoms with Crippen molar-refractivity contribution in [1.29, 1.82) is 0 Å². The fourth-order valence-corrected chi connectivity index (χ4v) is 3.30. The first kappa shape index (κ1) is 20.1. The number of amides is 1. The SMILES string of the molecule is COC(=O)c1ccccc1Cn1cc(NC(=O)c2ccc(-c3ccccc3)cc2)cn1. The van der Waals surface area contributed by atoms with Gasteiger partial charge in [-0.2, -0.15) is 5.10 Å². The summed E-state index contributed by atoms with van der Waals surface area (Å²) in [6.07, 6.45) is 3.31. The zero-order chi connectivity index (χ0) is 21.6. The molecule has 154 valence electrons. The number of rotatable bonds is 6. The highest BCUT2D eigenvalue weighted by Crippen LogP contribution is 2.20. The van der Waals surface area contributed by atoms with Crippen LogP contribution in [0.25, 0.3) is 11.1 Å². The number of nitrogens with zero attached hydrogens (tertiary/aromatic N) is 2. The fraction of sp³-hybridized carbons (Fsp3) is 0.0800. The molecule has 0 fully saturated rings. The minimum absolute atomic E-state index is 0.214. The van der Waals surface area contributed by atoms with Crippen LogP contribution >= 0.6 is 0 Å². The zero-order valence-corrected chi connectivity index (χ0v) is 17.0. The molecule has 0 saturated heterocycles. The monoisotopic (exact) mass is 411 g/mol. The van der Waals surface area contributed by atoms with Gasteiger partial charge in [0.25, 0.3) is 5.91 Å². The summed E-state index contributed by atoms with van der Waals surface area (Å²) in [7, 11) is 1.35. The van der Waals surface area contributed by atoms with Crippen LogP contribution in [0.15, 0.2) is 91.3 Å². The lowest BCUT2D eigenvalue weighted by atomic mass is 10.0. The molecule has 0 spiro atoms. The summed E-state index contributed by atoms with van der Waals surface area (Å²) in [6, 6.07) is 24.7. The second-order valence-electron chi connectivity index (χ2n) is 6.97. The van der Waals surface area contributed by atoms with Gasteiger partial charge in [0.1, 0.15) is 0 Å². The molecule has 0 saturated carbocycles. The van der Waals surface area contributed by atoms with Crippen molar-refractivity contribution in [2.24, 2.45) is 0 Å². The summed E-state index contributed by atoms with van der Waals surface area (Å²) in [5.41, 5.74) is 4.56. The van der Waals surface area contributed by atoms with Crippen LogP contribution in [0.2, 0.25) is 0 Å². The van der Waals surface area contributed by atoms with Crippen molar-refractivity contribution < 1.29 is 14.3 Å². The molecule has 0 bridgehead atoms. The Kier molecular flexibility index (Phi) is 5.89. The third-order valence-electron chi connectivity index (χ3n) is 4.90. The van der Waals surface area contributed by atoms with Gasteiger partial charge in [0, 0.05) is 11.8 Å². The number of hydrogen-bond acceptors (Lipinski definition) is 4. The Labute approximate surface area is 180 Å². The molecule has 1 heterocycles. The van der Waals surface area contributed by atoms with E-state index in [0.29, 0.717) is 23.4 Å². The van der Waals surface area contributed by atoms with E-state index in [4.69, 9.17) is 4.74 Å². The van der Waals surface area contributed by atoms with E-state index in [9.17, 15) is 9.59 Å². The van der Waals surface area contributed by atoms with Gasteiger partial charge in [-0.05, 0) is 34.9 Å². The molecule has 1 amide bonds. The average Bonchev–Trinajstić information content (AvgIpc) is 3.26. The van der Waals surface area contributed by atoms with Crippen molar-refractivity contribution in [3.63, 3.8) is 0 Å². The maximum absolute atomic E-state index is 12.6. The number of esters is 1. The Balaban J connectivity index is 1.43. The molecule has 3 aromatic carbocycles. The van der Waals surface area contributed by atoms with Crippen LogP contribution in [0.1, 0.15) is 26.3 Å². The standard InChI is InChI=1S/C25H21N3O3/c1-31-25(30)23-10-6-5-9-21(23)16-28-17-22(15-26-28)27-24(29)20-13-11-19(12-14-20)18-7-3-2-4-8-18/h2-15,17H,16H2,1H3,(H,27,29). The molecule has 6 heteroatoms. The van der Waals surface area contributed by atoms with Gasteiger partial charge in [0.15, 0.2) is 0 Å². The van der Waals surface area contributed by atoms with Crippen LogP contribution < -0.4 is 5.32 Å². The number of aromatic nitrogens is 2. The molecular formula is C25H21N3O3. The molecule has 6 nitrogen and oxygen atoms in total. The van der Waals surface area contributed by atoms with Crippen LogP contribution in [-0.2, 0) is 11.3 Å². The normalized spacial score (nSPS) is 10.5.